The highest BCUT2D eigenvalue weighted by molar-refractivity contribution is 4.68. The van der Waals surface area contributed by atoms with Gasteiger partial charge in [-0.2, -0.15) is 0 Å². The Labute approximate surface area is 154 Å². The molecule has 0 radical (unpaired) electrons. The monoisotopic (exact) mass is 340 g/mol. The first-order valence-corrected chi connectivity index (χ1v) is 11.3. The minimum atomic E-state index is 0.603. The van der Waals surface area contributed by atoms with Crippen LogP contribution in [0.2, 0.25) is 0 Å². The van der Waals surface area contributed by atoms with Crippen LogP contribution in [-0.2, 0) is 0 Å². The predicted molar refractivity (Wildman–Crippen MR) is 111 cm³/mol. The highest BCUT2D eigenvalue weighted by atomic mass is 15.3. The van der Waals surface area contributed by atoms with Crippen molar-refractivity contribution in [1.29, 1.82) is 0 Å². The van der Waals surface area contributed by atoms with Crippen molar-refractivity contribution in [2.75, 3.05) is 19.6 Å². The number of nitrogens with one attached hydrogen (secondary N) is 1. The summed E-state index contributed by atoms with van der Waals surface area (Å²) in [4.78, 5) is 2.60. The molecule has 0 spiro atoms. The van der Waals surface area contributed by atoms with Gasteiger partial charge in [-0.05, 0) is 32.5 Å². The van der Waals surface area contributed by atoms with E-state index in [0.717, 1.165) is 0 Å². The van der Waals surface area contributed by atoms with Crippen LogP contribution in [0.3, 0.4) is 0 Å². The second-order valence-electron chi connectivity index (χ2n) is 7.37. The molecule has 0 rings (SSSR count). The fourth-order valence-corrected chi connectivity index (χ4v) is 3.55. The lowest BCUT2D eigenvalue weighted by molar-refractivity contribution is 0.167. The van der Waals surface area contributed by atoms with Gasteiger partial charge in [0.05, 0.1) is 6.17 Å². The molecule has 2 heteroatoms. The Kier molecular flexibility index (Phi) is 19.2. The van der Waals surface area contributed by atoms with E-state index in [-0.39, 0.29) is 0 Å². The van der Waals surface area contributed by atoms with Crippen LogP contribution >= 0.6 is 0 Å². The largest absolute Gasteiger partial charge is 0.302 e. The summed E-state index contributed by atoms with van der Waals surface area (Å²) >= 11 is 0. The number of rotatable bonds is 19. The van der Waals surface area contributed by atoms with E-state index in [1.54, 1.807) is 0 Å². The molecule has 0 fully saturated rings. The summed E-state index contributed by atoms with van der Waals surface area (Å²) < 4.78 is 0. The first-order valence-electron chi connectivity index (χ1n) is 11.3. The summed E-state index contributed by atoms with van der Waals surface area (Å²) in [6, 6.07) is 0. The zero-order valence-electron chi connectivity index (χ0n) is 17.5. The van der Waals surface area contributed by atoms with Crippen molar-refractivity contribution < 1.29 is 0 Å². The molecule has 0 amide bonds. The standard InChI is InChI=1S/C22H48N2/c1-5-9-11-13-14-15-17-19-21-23-22(24(7-3)8-4)20-18-16-12-10-6-2/h22-23H,5-21H2,1-4H3. The van der Waals surface area contributed by atoms with Crippen molar-refractivity contribution in [3.8, 4) is 0 Å². The van der Waals surface area contributed by atoms with E-state index in [9.17, 15) is 0 Å². The Bertz CT molecular complexity index is 226. The van der Waals surface area contributed by atoms with E-state index in [1.165, 1.54) is 110 Å². The van der Waals surface area contributed by atoms with Gasteiger partial charge in [0.2, 0.25) is 0 Å². The van der Waals surface area contributed by atoms with Crippen molar-refractivity contribution in [1.82, 2.24) is 10.2 Å². The summed E-state index contributed by atoms with van der Waals surface area (Å²) in [5, 5.41) is 3.85. The maximum Gasteiger partial charge on any atom is 0.0596 e. The normalized spacial score (nSPS) is 12.9. The Balaban J connectivity index is 3.76. The second kappa shape index (κ2) is 19.2. The maximum atomic E-state index is 3.85. The molecule has 0 bridgehead atoms. The molecule has 0 heterocycles. The highest BCUT2D eigenvalue weighted by Crippen LogP contribution is 2.11. The van der Waals surface area contributed by atoms with E-state index in [0.29, 0.717) is 6.17 Å². The first kappa shape index (κ1) is 23.9. The molecule has 0 aliphatic carbocycles. The van der Waals surface area contributed by atoms with Crippen LogP contribution < -0.4 is 5.32 Å². The molecule has 2 nitrogen and oxygen atoms in total. The van der Waals surface area contributed by atoms with E-state index in [1.807, 2.05) is 0 Å². The Hall–Kier alpha value is -0.0800. The van der Waals surface area contributed by atoms with Gasteiger partial charge in [0, 0.05) is 0 Å². The average molecular weight is 341 g/mol. The Morgan fingerprint density at radius 2 is 1.04 bits per heavy atom. The van der Waals surface area contributed by atoms with Crippen molar-refractivity contribution in [2.45, 2.75) is 124 Å². The quantitative estimate of drug-likeness (QED) is 0.207. The highest BCUT2D eigenvalue weighted by Gasteiger charge is 2.13. The summed E-state index contributed by atoms with van der Waals surface area (Å²) in [6.45, 7) is 12.7. The van der Waals surface area contributed by atoms with Gasteiger partial charge in [-0.1, -0.05) is 105 Å². The Morgan fingerprint density at radius 3 is 1.54 bits per heavy atom. The molecule has 0 aliphatic rings. The van der Waals surface area contributed by atoms with Gasteiger partial charge in [0.1, 0.15) is 0 Å². The third kappa shape index (κ3) is 14.3. The molecule has 0 aromatic rings. The molecule has 24 heavy (non-hydrogen) atoms. The van der Waals surface area contributed by atoms with Crippen LogP contribution in [-0.4, -0.2) is 30.7 Å². The number of nitrogens with zero attached hydrogens (tertiary/aromatic N) is 1. The van der Waals surface area contributed by atoms with Gasteiger partial charge in [0.25, 0.3) is 0 Å². The first-order chi connectivity index (χ1) is 11.8. The fourth-order valence-electron chi connectivity index (χ4n) is 3.55. The Morgan fingerprint density at radius 1 is 0.583 bits per heavy atom. The molecule has 0 saturated heterocycles. The minimum absolute atomic E-state index is 0.603. The molecular weight excluding hydrogens is 292 g/mol. The minimum Gasteiger partial charge on any atom is -0.302 e. The fraction of sp³-hybridized carbons (Fsp3) is 1.00. The van der Waals surface area contributed by atoms with Gasteiger partial charge >= 0.3 is 0 Å². The van der Waals surface area contributed by atoms with Crippen molar-refractivity contribution >= 4 is 0 Å². The number of hydrogen-bond donors (Lipinski definition) is 1. The zero-order chi connectivity index (χ0) is 17.9. The molecule has 1 atom stereocenters. The van der Waals surface area contributed by atoms with Gasteiger partial charge in [-0.25, -0.2) is 0 Å². The van der Waals surface area contributed by atoms with Crippen LogP contribution in [0.5, 0.6) is 0 Å². The van der Waals surface area contributed by atoms with Gasteiger partial charge in [-0.3, -0.25) is 4.90 Å². The van der Waals surface area contributed by atoms with Crippen molar-refractivity contribution in [3.05, 3.63) is 0 Å². The topological polar surface area (TPSA) is 15.3 Å². The molecule has 1 N–H and O–H groups in total. The molecule has 146 valence electrons. The predicted octanol–water partition coefficient (Wildman–Crippen LogP) is 6.75. The van der Waals surface area contributed by atoms with Crippen molar-refractivity contribution in [3.63, 3.8) is 0 Å². The van der Waals surface area contributed by atoms with E-state index in [2.05, 4.69) is 37.9 Å². The second-order valence-corrected chi connectivity index (χ2v) is 7.37. The summed E-state index contributed by atoms with van der Waals surface area (Å²) in [5.41, 5.74) is 0. The molecule has 0 saturated carbocycles. The van der Waals surface area contributed by atoms with E-state index in [4.69, 9.17) is 0 Å². The van der Waals surface area contributed by atoms with Crippen LogP contribution in [0.4, 0.5) is 0 Å². The molecule has 0 aromatic heterocycles. The summed E-state index contributed by atoms with van der Waals surface area (Å²) in [5.74, 6) is 0. The lowest BCUT2D eigenvalue weighted by atomic mass is 10.1. The summed E-state index contributed by atoms with van der Waals surface area (Å²) in [7, 11) is 0. The zero-order valence-corrected chi connectivity index (χ0v) is 17.5. The maximum absolute atomic E-state index is 3.85. The lowest BCUT2D eigenvalue weighted by Gasteiger charge is -2.30. The molecule has 1 unspecified atom stereocenters. The number of hydrogen-bond acceptors (Lipinski definition) is 2. The third-order valence-corrected chi connectivity index (χ3v) is 5.24. The molecule has 0 aliphatic heterocycles. The average Bonchev–Trinajstić information content (AvgIpc) is 2.60. The number of unbranched alkanes of at least 4 members (excludes halogenated alkanes) is 11. The third-order valence-electron chi connectivity index (χ3n) is 5.24. The van der Waals surface area contributed by atoms with Crippen LogP contribution in [0.15, 0.2) is 0 Å². The van der Waals surface area contributed by atoms with E-state index < -0.39 is 0 Å². The van der Waals surface area contributed by atoms with Gasteiger partial charge in [-0.15, -0.1) is 0 Å². The van der Waals surface area contributed by atoms with Crippen LogP contribution in [0.25, 0.3) is 0 Å². The van der Waals surface area contributed by atoms with Crippen LogP contribution in [0, 0.1) is 0 Å². The van der Waals surface area contributed by atoms with Gasteiger partial charge in [0.15, 0.2) is 0 Å². The SMILES string of the molecule is CCCCCCCCCCNC(CCCCCCC)N(CC)CC. The summed E-state index contributed by atoms with van der Waals surface area (Å²) in [6.07, 6.45) is 20.2. The molecule has 0 aromatic carbocycles. The smallest absolute Gasteiger partial charge is 0.0596 e. The van der Waals surface area contributed by atoms with Crippen LogP contribution in [0.1, 0.15) is 118 Å². The van der Waals surface area contributed by atoms with E-state index >= 15 is 0 Å². The molecular formula is C22H48N2. The lowest BCUT2D eigenvalue weighted by Crippen LogP contribution is -2.45. The van der Waals surface area contributed by atoms with Crippen molar-refractivity contribution in [2.24, 2.45) is 0 Å². The van der Waals surface area contributed by atoms with Gasteiger partial charge < -0.3 is 5.32 Å².